The van der Waals surface area contributed by atoms with E-state index in [1.165, 1.54) is 12.1 Å². The van der Waals surface area contributed by atoms with Crippen LogP contribution in [0.2, 0.25) is 0 Å². The van der Waals surface area contributed by atoms with Crippen molar-refractivity contribution in [2.45, 2.75) is 52.7 Å². The highest BCUT2D eigenvalue weighted by atomic mass is 16.6. The Morgan fingerprint density at radius 1 is 0.778 bits per heavy atom. The largest absolute Gasteiger partial charge is 0.507 e. The van der Waals surface area contributed by atoms with E-state index < -0.39 is 23.1 Å². The molecule has 10 nitrogen and oxygen atoms in total. The Kier molecular flexibility index (Phi) is 10.4. The van der Waals surface area contributed by atoms with Gasteiger partial charge in [-0.15, -0.1) is 0 Å². The first-order valence-corrected chi connectivity index (χ1v) is 15.1. The molecular formula is C35H43N3O7. The Hall–Kier alpha value is -4.57. The number of phenolic OH excluding ortho intramolecular Hbond substituents is 1. The van der Waals surface area contributed by atoms with Gasteiger partial charge in [0.1, 0.15) is 29.3 Å². The third-order valence-corrected chi connectivity index (χ3v) is 6.91. The molecule has 0 radical (unpaired) electrons. The Labute approximate surface area is 264 Å². The number of phenols is 1. The molecule has 2 N–H and O–H groups in total. The molecule has 1 fully saturated rings. The number of piperazine rings is 1. The molecule has 0 spiro atoms. The van der Waals surface area contributed by atoms with E-state index in [1.54, 1.807) is 49.9 Å². The summed E-state index contributed by atoms with van der Waals surface area (Å²) in [6, 6.07) is 19.2. The highest BCUT2D eigenvalue weighted by Crippen LogP contribution is 2.30. The molecule has 0 unspecified atom stereocenters. The Morgan fingerprint density at radius 2 is 1.44 bits per heavy atom. The molecule has 0 saturated carbocycles. The van der Waals surface area contributed by atoms with Crippen molar-refractivity contribution in [3.63, 3.8) is 0 Å². The van der Waals surface area contributed by atoms with Crippen molar-refractivity contribution in [1.29, 1.82) is 0 Å². The molecule has 1 saturated heterocycles. The molecule has 45 heavy (non-hydrogen) atoms. The van der Waals surface area contributed by atoms with Crippen LogP contribution in [0.3, 0.4) is 0 Å². The maximum Gasteiger partial charge on any atom is 0.410 e. The molecule has 10 heteroatoms. The molecule has 0 aromatic heterocycles. The minimum Gasteiger partial charge on any atom is -0.507 e. The lowest BCUT2D eigenvalue weighted by molar-refractivity contribution is 0.00689. The van der Waals surface area contributed by atoms with Gasteiger partial charge in [-0.05, 0) is 83.0 Å². The lowest BCUT2D eigenvalue weighted by atomic mass is 10.0. The molecule has 3 aromatic carbocycles. The van der Waals surface area contributed by atoms with Crippen molar-refractivity contribution < 1.29 is 33.7 Å². The van der Waals surface area contributed by atoms with E-state index in [0.717, 1.165) is 11.1 Å². The van der Waals surface area contributed by atoms with E-state index in [2.05, 4.69) is 10.2 Å². The van der Waals surface area contributed by atoms with Crippen LogP contribution >= 0.6 is 0 Å². The molecule has 2 amide bonds. The zero-order valence-electron chi connectivity index (χ0n) is 26.9. The normalized spacial score (nSPS) is 14.0. The van der Waals surface area contributed by atoms with Crippen molar-refractivity contribution >= 4 is 23.7 Å². The molecule has 0 atom stereocenters. The highest BCUT2D eigenvalue weighted by molar-refractivity contribution is 6.10. The van der Waals surface area contributed by atoms with E-state index in [1.807, 2.05) is 51.1 Å². The number of ether oxygens (including phenoxy) is 3. The summed E-state index contributed by atoms with van der Waals surface area (Å²) in [5.41, 5.74) is 0.891. The predicted octanol–water partition coefficient (Wildman–Crippen LogP) is 6.20. The van der Waals surface area contributed by atoms with Crippen LogP contribution in [0, 0.1) is 0 Å². The second-order valence-electron chi connectivity index (χ2n) is 12.9. The minimum absolute atomic E-state index is 0.00118. The van der Waals surface area contributed by atoms with Gasteiger partial charge in [0.2, 0.25) is 0 Å². The van der Waals surface area contributed by atoms with E-state index in [4.69, 9.17) is 14.2 Å². The minimum atomic E-state index is -0.730. The first kappa shape index (κ1) is 33.3. The number of benzene rings is 3. The van der Waals surface area contributed by atoms with Crippen LogP contribution in [0.4, 0.5) is 10.5 Å². The number of rotatable bonds is 8. The maximum atomic E-state index is 13.5. The summed E-state index contributed by atoms with van der Waals surface area (Å²) in [7, 11) is 0. The summed E-state index contributed by atoms with van der Waals surface area (Å²) in [4.78, 5) is 42.7. The van der Waals surface area contributed by atoms with E-state index in [0.29, 0.717) is 45.1 Å². The van der Waals surface area contributed by atoms with Gasteiger partial charge in [0.05, 0.1) is 16.8 Å². The van der Waals surface area contributed by atoms with Crippen LogP contribution in [0.5, 0.6) is 11.5 Å². The third-order valence-electron chi connectivity index (χ3n) is 6.91. The quantitative estimate of drug-likeness (QED) is 0.287. The molecule has 0 aliphatic carbocycles. The van der Waals surface area contributed by atoms with Gasteiger partial charge in [-0.2, -0.15) is 0 Å². The third kappa shape index (κ3) is 9.71. The van der Waals surface area contributed by atoms with Gasteiger partial charge >= 0.3 is 12.1 Å². The zero-order chi connectivity index (χ0) is 32.8. The predicted molar refractivity (Wildman–Crippen MR) is 173 cm³/mol. The number of esters is 1. The lowest BCUT2D eigenvalue weighted by Gasteiger charge is -2.35. The molecule has 1 heterocycles. The van der Waals surface area contributed by atoms with Crippen molar-refractivity contribution in [2.24, 2.45) is 0 Å². The van der Waals surface area contributed by atoms with Crippen LogP contribution in [0.25, 0.3) is 11.1 Å². The summed E-state index contributed by atoms with van der Waals surface area (Å²) < 4.78 is 17.0. The van der Waals surface area contributed by atoms with Crippen molar-refractivity contribution in [2.75, 3.05) is 44.6 Å². The number of nitrogens with one attached hydrogen (secondary N) is 1. The van der Waals surface area contributed by atoms with Crippen molar-refractivity contribution in [3.8, 4) is 22.6 Å². The molecular weight excluding hydrogens is 574 g/mol. The number of hydrogen-bond acceptors (Lipinski definition) is 8. The first-order chi connectivity index (χ1) is 21.2. The molecule has 1 aliphatic heterocycles. The van der Waals surface area contributed by atoms with Crippen molar-refractivity contribution in [1.82, 2.24) is 9.80 Å². The fraction of sp³-hybridized carbons (Fsp3) is 0.400. The van der Waals surface area contributed by atoms with Crippen LogP contribution in [-0.4, -0.2) is 83.4 Å². The second kappa shape index (κ2) is 14.0. The Bertz CT molecular complexity index is 1500. The fourth-order valence-electron chi connectivity index (χ4n) is 4.72. The number of anilines is 1. The zero-order valence-corrected chi connectivity index (χ0v) is 26.9. The number of amides is 2. The summed E-state index contributed by atoms with van der Waals surface area (Å²) in [5, 5.41) is 13.4. The van der Waals surface area contributed by atoms with Gasteiger partial charge < -0.3 is 29.5 Å². The number of aromatic hydroxyl groups is 1. The molecule has 0 bridgehead atoms. The van der Waals surface area contributed by atoms with E-state index in [-0.39, 0.29) is 28.7 Å². The van der Waals surface area contributed by atoms with Gasteiger partial charge in [-0.3, -0.25) is 9.69 Å². The average molecular weight is 618 g/mol. The van der Waals surface area contributed by atoms with Gasteiger partial charge in [-0.25, -0.2) is 9.59 Å². The van der Waals surface area contributed by atoms with Crippen LogP contribution in [0.15, 0.2) is 66.7 Å². The smallest absolute Gasteiger partial charge is 0.410 e. The summed E-state index contributed by atoms with van der Waals surface area (Å²) in [6.07, 6.45) is -0.307. The summed E-state index contributed by atoms with van der Waals surface area (Å²) in [5.74, 6) is -0.997. The second-order valence-corrected chi connectivity index (χ2v) is 12.9. The van der Waals surface area contributed by atoms with Crippen LogP contribution in [0.1, 0.15) is 62.3 Å². The van der Waals surface area contributed by atoms with E-state index >= 15 is 0 Å². The maximum absolute atomic E-state index is 13.5. The average Bonchev–Trinajstić information content (AvgIpc) is 2.97. The van der Waals surface area contributed by atoms with Gasteiger partial charge in [0.15, 0.2) is 0 Å². The summed E-state index contributed by atoms with van der Waals surface area (Å²) >= 11 is 0. The Morgan fingerprint density at radius 3 is 2.09 bits per heavy atom. The van der Waals surface area contributed by atoms with Gasteiger partial charge in [0, 0.05) is 32.7 Å². The van der Waals surface area contributed by atoms with Crippen molar-refractivity contribution in [3.05, 3.63) is 77.9 Å². The standard InChI is InChI=1S/C35H43N3O7/c1-34(2,3)44-32(41)27-14-12-25(24-10-8-7-9-11-24)22-29(27)36-31(40)28-23-26(13-15-30(28)39)43-21-20-37-16-18-38(19-17-37)33(42)45-35(4,5)6/h7-15,22-23,39H,16-21H2,1-6H3,(H,36,40). The van der Waals surface area contributed by atoms with Gasteiger partial charge in [0.25, 0.3) is 5.91 Å². The molecule has 3 aromatic rings. The molecule has 1 aliphatic rings. The fourth-order valence-corrected chi connectivity index (χ4v) is 4.72. The van der Waals surface area contributed by atoms with E-state index in [9.17, 15) is 19.5 Å². The highest BCUT2D eigenvalue weighted by Gasteiger charge is 2.26. The number of nitrogens with zero attached hydrogens (tertiary/aromatic N) is 2. The molecule has 4 rings (SSSR count). The number of carbonyl (C=O) groups excluding carboxylic acids is 3. The molecule has 240 valence electrons. The number of carbonyl (C=O) groups is 3. The monoisotopic (exact) mass is 617 g/mol. The van der Waals surface area contributed by atoms with Crippen LogP contribution in [-0.2, 0) is 9.47 Å². The SMILES string of the molecule is CC(C)(C)OC(=O)c1ccc(-c2ccccc2)cc1NC(=O)c1cc(OCCN2CCN(C(=O)OC(C)(C)C)CC2)ccc1O. The lowest BCUT2D eigenvalue weighted by Crippen LogP contribution is -2.50. The topological polar surface area (TPSA) is 118 Å². The number of hydrogen-bond donors (Lipinski definition) is 2. The Balaban J connectivity index is 1.42. The first-order valence-electron chi connectivity index (χ1n) is 15.1. The van der Waals surface area contributed by atoms with Crippen LogP contribution < -0.4 is 10.1 Å². The summed E-state index contributed by atoms with van der Waals surface area (Å²) in [6.45, 7) is 14.3. The van der Waals surface area contributed by atoms with Gasteiger partial charge in [-0.1, -0.05) is 36.4 Å².